The minimum absolute atomic E-state index is 0.0569. The molecule has 1 aromatic rings. The van der Waals surface area contributed by atoms with E-state index in [-0.39, 0.29) is 18.0 Å². The molecule has 0 saturated carbocycles. The minimum atomic E-state index is -0.640. The number of hydrogen-bond donors (Lipinski definition) is 2. The van der Waals surface area contributed by atoms with Gasteiger partial charge in [-0.05, 0) is 12.1 Å². The first-order valence-corrected chi connectivity index (χ1v) is 5.95. The third-order valence-electron chi connectivity index (χ3n) is 2.55. The number of phenols is 1. The number of hydrogen-bond acceptors (Lipinski definition) is 4. The summed E-state index contributed by atoms with van der Waals surface area (Å²) in [4.78, 5) is 24.6. The first kappa shape index (κ1) is 15.9. The number of likely N-dealkylation sites (N-methyl/N-ethyl adjacent to an activating group) is 1. The molecule has 110 valence electrons. The van der Waals surface area contributed by atoms with Gasteiger partial charge in [0.25, 0.3) is 5.91 Å². The fourth-order valence-corrected chi connectivity index (χ4v) is 1.53. The Bertz CT molecular complexity index is 493. The maximum atomic E-state index is 12.8. The fourth-order valence-electron chi connectivity index (χ4n) is 1.53. The van der Waals surface area contributed by atoms with Crippen LogP contribution in [0.2, 0.25) is 0 Å². The zero-order valence-electron chi connectivity index (χ0n) is 11.4. The van der Waals surface area contributed by atoms with Gasteiger partial charge in [-0.15, -0.1) is 0 Å². The van der Waals surface area contributed by atoms with Crippen molar-refractivity contribution < 1.29 is 23.8 Å². The second-order valence-corrected chi connectivity index (χ2v) is 4.17. The monoisotopic (exact) mass is 284 g/mol. The lowest BCUT2D eigenvalue weighted by atomic mass is 10.1. The molecule has 0 saturated heterocycles. The van der Waals surface area contributed by atoms with Gasteiger partial charge in [0.05, 0.1) is 18.7 Å². The van der Waals surface area contributed by atoms with Gasteiger partial charge in [-0.25, -0.2) is 4.39 Å². The molecule has 0 spiro atoms. The van der Waals surface area contributed by atoms with E-state index in [0.717, 1.165) is 17.0 Å². The van der Waals surface area contributed by atoms with Crippen LogP contribution in [0.5, 0.6) is 5.75 Å². The van der Waals surface area contributed by atoms with Crippen molar-refractivity contribution in [3.8, 4) is 5.75 Å². The van der Waals surface area contributed by atoms with Crippen LogP contribution in [0.1, 0.15) is 10.4 Å². The number of nitrogens with one attached hydrogen (secondary N) is 1. The van der Waals surface area contributed by atoms with Crippen molar-refractivity contribution in [1.82, 2.24) is 10.2 Å². The SMILES string of the molecule is COCCNC(=O)CN(C)C(=O)c1ccc(F)cc1O. The van der Waals surface area contributed by atoms with Crippen LogP contribution in [0, 0.1) is 5.82 Å². The third kappa shape index (κ3) is 4.51. The molecule has 0 aliphatic heterocycles. The zero-order chi connectivity index (χ0) is 15.1. The van der Waals surface area contributed by atoms with Crippen molar-refractivity contribution in [3.63, 3.8) is 0 Å². The van der Waals surface area contributed by atoms with E-state index >= 15 is 0 Å². The summed E-state index contributed by atoms with van der Waals surface area (Å²) in [5.74, 6) is -2.01. The number of ether oxygens (including phenoxy) is 1. The molecule has 7 heteroatoms. The van der Waals surface area contributed by atoms with E-state index in [2.05, 4.69) is 5.32 Å². The number of amides is 2. The molecule has 0 atom stereocenters. The quantitative estimate of drug-likeness (QED) is 0.740. The Hall–Kier alpha value is -2.15. The molecular weight excluding hydrogens is 267 g/mol. The van der Waals surface area contributed by atoms with Crippen molar-refractivity contribution in [3.05, 3.63) is 29.6 Å². The molecule has 0 radical (unpaired) electrons. The third-order valence-corrected chi connectivity index (χ3v) is 2.55. The van der Waals surface area contributed by atoms with Crippen LogP contribution in [-0.4, -0.2) is 55.7 Å². The first-order chi connectivity index (χ1) is 9.45. The lowest BCUT2D eigenvalue weighted by Gasteiger charge is -2.17. The van der Waals surface area contributed by atoms with Crippen molar-refractivity contribution in [2.24, 2.45) is 0 Å². The maximum absolute atomic E-state index is 12.8. The van der Waals surface area contributed by atoms with Gasteiger partial charge in [0.2, 0.25) is 5.91 Å². The highest BCUT2D eigenvalue weighted by Gasteiger charge is 2.18. The largest absolute Gasteiger partial charge is 0.507 e. The van der Waals surface area contributed by atoms with Gasteiger partial charge < -0.3 is 20.1 Å². The molecule has 1 rings (SSSR count). The number of halogens is 1. The summed E-state index contributed by atoms with van der Waals surface area (Å²) in [5.41, 5.74) is -0.0569. The zero-order valence-corrected chi connectivity index (χ0v) is 11.4. The number of carbonyl (C=O) groups excluding carboxylic acids is 2. The summed E-state index contributed by atoms with van der Waals surface area (Å²) in [5, 5.41) is 12.1. The molecule has 0 heterocycles. The van der Waals surface area contributed by atoms with E-state index in [4.69, 9.17) is 4.74 Å². The van der Waals surface area contributed by atoms with Gasteiger partial charge in [-0.1, -0.05) is 0 Å². The minimum Gasteiger partial charge on any atom is -0.507 e. The second-order valence-electron chi connectivity index (χ2n) is 4.17. The Balaban J connectivity index is 2.60. The van der Waals surface area contributed by atoms with Gasteiger partial charge in [0, 0.05) is 26.8 Å². The Morgan fingerprint density at radius 3 is 2.75 bits per heavy atom. The summed E-state index contributed by atoms with van der Waals surface area (Å²) in [7, 11) is 2.93. The van der Waals surface area contributed by atoms with Crippen LogP contribution in [0.3, 0.4) is 0 Å². The second kappa shape index (κ2) is 7.44. The van der Waals surface area contributed by atoms with E-state index in [1.807, 2.05) is 0 Å². The molecule has 20 heavy (non-hydrogen) atoms. The van der Waals surface area contributed by atoms with E-state index < -0.39 is 17.5 Å². The number of benzene rings is 1. The standard InChI is InChI=1S/C13H17FN2O4/c1-16(8-12(18)15-5-6-20-2)13(19)10-4-3-9(14)7-11(10)17/h3-4,7,17H,5-6,8H2,1-2H3,(H,15,18). The van der Waals surface area contributed by atoms with Gasteiger partial charge in [-0.3, -0.25) is 9.59 Å². The van der Waals surface area contributed by atoms with Crippen LogP contribution in [0.4, 0.5) is 4.39 Å². The smallest absolute Gasteiger partial charge is 0.257 e. The Kier molecular flexibility index (Phi) is 5.92. The molecule has 0 unspecified atom stereocenters. The lowest BCUT2D eigenvalue weighted by Crippen LogP contribution is -2.39. The first-order valence-electron chi connectivity index (χ1n) is 5.95. The van der Waals surface area contributed by atoms with Crippen LogP contribution >= 0.6 is 0 Å². The fraction of sp³-hybridized carbons (Fsp3) is 0.385. The van der Waals surface area contributed by atoms with Crippen molar-refractivity contribution in [2.45, 2.75) is 0 Å². The maximum Gasteiger partial charge on any atom is 0.257 e. The number of carbonyl (C=O) groups is 2. The van der Waals surface area contributed by atoms with Crippen molar-refractivity contribution >= 4 is 11.8 Å². The summed E-state index contributed by atoms with van der Waals surface area (Å²) >= 11 is 0. The van der Waals surface area contributed by atoms with Gasteiger partial charge in [0.1, 0.15) is 11.6 Å². The molecule has 0 bridgehead atoms. The normalized spacial score (nSPS) is 10.2. The molecule has 1 aromatic carbocycles. The van der Waals surface area contributed by atoms with Gasteiger partial charge in [0.15, 0.2) is 0 Å². The highest BCUT2D eigenvalue weighted by molar-refractivity contribution is 5.98. The number of methoxy groups -OCH3 is 1. The van der Waals surface area contributed by atoms with Gasteiger partial charge >= 0.3 is 0 Å². The van der Waals surface area contributed by atoms with Crippen molar-refractivity contribution in [2.75, 3.05) is 33.9 Å². The van der Waals surface area contributed by atoms with Crippen LogP contribution in [0.15, 0.2) is 18.2 Å². The summed E-state index contributed by atoms with van der Waals surface area (Å²) < 4.78 is 17.6. The van der Waals surface area contributed by atoms with Crippen LogP contribution < -0.4 is 5.32 Å². The van der Waals surface area contributed by atoms with E-state index in [1.165, 1.54) is 20.2 Å². The van der Waals surface area contributed by atoms with Crippen LogP contribution in [-0.2, 0) is 9.53 Å². The average molecular weight is 284 g/mol. The molecule has 2 N–H and O–H groups in total. The number of nitrogens with zero attached hydrogens (tertiary/aromatic N) is 1. The number of aromatic hydroxyl groups is 1. The van der Waals surface area contributed by atoms with E-state index in [9.17, 15) is 19.1 Å². The van der Waals surface area contributed by atoms with Crippen molar-refractivity contribution in [1.29, 1.82) is 0 Å². The highest BCUT2D eigenvalue weighted by atomic mass is 19.1. The number of phenolic OH excluding ortho intramolecular Hbond substituents is 1. The Labute approximate surface area is 116 Å². The van der Waals surface area contributed by atoms with E-state index in [0.29, 0.717) is 13.2 Å². The lowest BCUT2D eigenvalue weighted by molar-refractivity contribution is -0.121. The predicted molar refractivity (Wildman–Crippen MR) is 69.9 cm³/mol. The summed E-state index contributed by atoms with van der Waals surface area (Å²) in [6.07, 6.45) is 0. The van der Waals surface area contributed by atoms with Gasteiger partial charge in [-0.2, -0.15) is 0 Å². The van der Waals surface area contributed by atoms with E-state index in [1.54, 1.807) is 0 Å². The Morgan fingerprint density at radius 2 is 2.15 bits per heavy atom. The topological polar surface area (TPSA) is 78.9 Å². The molecule has 0 aromatic heterocycles. The molecule has 6 nitrogen and oxygen atoms in total. The summed E-state index contributed by atoms with van der Waals surface area (Å²) in [6.45, 7) is 0.556. The summed E-state index contributed by atoms with van der Waals surface area (Å²) in [6, 6.07) is 3.09. The average Bonchev–Trinajstić information content (AvgIpc) is 2.38. The number of rotatable bonds is 6. The molecule has 0 fully saturated rings. The molecule has 2 amide bonds. The molecule has 0 aliphatic carbocycles. The van der Waals surface area contributed by atoms with Crippen LogP contribution in [0.25, 0.3) is 0 Å². The molecule has 0 aliphatic rings. The predicted octanol–water partition coefficient (Wildman–Crippen LogP) is 0.366. The highest BCUT2D eigenvalue weighted by Crippen LogP contribution is 2.19. The molecular formula is C13H17FN2O4. The Morgan fingerprint density at radius 1 is 1.45 bits per heavy atom.